The molecule has 0 aromatic heterocycles. The first-order valence-corrected chi connectivity index (χ1v) is 7.39. The van der Waals surface area contributed by atoms with Crippen molar-refractivity contribution in [2.45, 2.75) is 26.3 Å². The summed E-state index contributed by atoms with van der Waals surface area (Å²) >= 11 is 6.07. The highest BCUT2D eigenvalue weighted by atomic mass is 35.5. The Morgan fingerprint density at radius 2 is 1.90 bits per heavy atom. The Bertz CT molecular complexity index is 613. The highest BCUT2D eigenvalue weighted by Crippen LogP contribution is 2.30. The number of nitrogens with one attached hydrogen (secondary N) is 1. The van der Waals surface area contributed by atoms with Gasteiger partial charge in [-0.3, -0.25) is 5.84 Å². The number of hydrogen-bond acceptors (Lipinski definition) is 2. The van der Waals surface area contributed by atoms with Gasteiger partial charge in [0.25, 0.3) is 0 Å². The molecule has 3 N–H and O–H groups in total. The summed E-state index contributed by atoms with van der Waals surface area (Å²) in [5.74, 6) is 5.81. The first kappa shape index (κ1) is 16.0. The van der Waals surface area contributed by atoms with E-state index in [0.717, 1.165) is 12.0 Å². The van der Waals surface area contributed by atoms with Gasteiger partial charge in [0.2, 0.25) is 0 Å². The Morgan fingerprint density at radius 3 is 2.57 bits per heavy atom. The molecule has 2 aromatic carbocycles. The molecule has 21 heavy (non-hydrogen) atoms. The molecule has 2 aromatic rings. The average molecular weight is 307 g/mol. The van der Waals surface area contributed by atoms with Crippen LogP contribution in [-0.4, -0.2) is 0 Å². The highest BCUT2D eigenvalue weighted by molar-refractivity contribution is 6.31. The lowest BCUT2D eigenvalue weighted by atomic mass is 9.95. The van der Waals surface area contributed by atoms with Crippen molar-refractivity contribution < 1.29 is 4.39 Å². The van der Waals surface area contributed by atoms with Gasteiger partial charge in [-0.2, -0.15) is 0 Å². The molecule has 4 heteroatoms. The van der Waals surface area contributed by atoms with Crippen molar-refractivity contribution in [1.82, 2.24) is 5.43 Å². The van der Waals surface area contributed by atoms with Crippen LogP contribution in [0.5, 0.6) is 0 Å². The molecule has 0 saturated heterocycles. The van der Waals surface area contributed by atoms with Gasteiger partial charge in [0.1, 0.15) is 5.82 Å². The molecule has 1 atom stereocenters. The lowest BCUT2D eigenvalue weighted by Crippen LogP contribution is -2.29. The van der Waals surface area contributed by atoms with Crippen molar-refractivity contribution in [2.75, 3.05) is 0 Å². The number of hydrogen-bond donors (Lipinski definition) is 2. The van der Waals surface area contributed by atoms with E-state index in [1.54, 1.807) is 12.1 Å². The predicted octanol–water partition coefficient (Wildman–Crippen LogP) is 4.23. The summed E-state index contributed by atoms with van der Waals surface area (Å²) in [4.78, 5) is 0. The summed E-state index contributed by atoms with van der Waals surface area (Å²) in [6.45, 7) is 4.35. The van der Waals surface area contributed by atoms with Crippen molar-refractivity contribution in [2.24, 2.45) is 11.8 Å². The Hall–Kier alpha value is -1.42. The zero-order valence-corrected chi connectivity index (χ0v) is 13.0. The minimum Gasteiger partial charge on any atom is -0.271 e. The van der Waals surface area contributed by atoms with Crippen LogP contribution in [0.25, 0.3) is 0 Å². The van der Waals surface area contributed by atoms with Crippen LogP contribution in [0.3, 0.4) is 0 Å². The van der Waals surface area contributed by atoms with Gasteiger partial charge in [-0.25, -0.2) is 9.82 Å². The van der Waals surface area contributed by atoms with Crippen molar-refractivity contribution in [1.29, 1.82) is 0 Å². The molecule has 0 fully saturated rings. The maximum atomic E-state index is 13.6. The van der Waals surface area contributed by atoms with E-state index in [2.05, 4.69) is 31.4 Å². The van der Waals surface area contributed by atoms with Gasteiger partial charge in [0.15, 0.2) is 0 Å². The quantitative estimate of drug-likeness (QED) is 0.641. The summed E-state index contributed by atoms with van der Waals surface area (Å²) < 4.78 is 13.6. The summed E-state index contributed by atoms with van der Waals surface area (Å²) in [7, 11) is 0. The molecule has 0 aliphatic heterocycles. The first-order chi connectivity index (χ1) is 10.0. The average Bonchev–Trinajstić information content (AvgIpc) is 2.44. The molecule has 0 saturated carbocycles. The SMILES string of the molecule is CC(C)Cc1cccc(C(NN)c2cccc(F)c2Cl)c1. The second kappa shape index (κ2) is 7.03. The molecule has 0 heterocycles. The lowest BCUT2D eigenvalue weighted by Gasteiger charge is -2.19. The zero-order chi connectivity index (χ0) is 15.4. The van der Waals surface area contributed by atoms with Crippen LogP contribution in [0, 0.1) is 11.7 Å². The van der Waals surface area contributed by atoms with E-state index in [9.17, 15) is 4.39 Å². The van der Waals surface area contributed by atoms with E-state index in [1.807, 2.05) is 12.1 Å². The van der Waals surface area contributed by atoms with E-state index in [-0.39, 0.29) is 11.1 Å². The molecule has 1 unspecified atom stereocenters. The summed E-state index contributed by atoms with van der Waals surface area (Å²) in [5.41, 5.74) is 5.58. The van der Waals surface area contributed by atoms with Crippen LogP contribution in [0.2, 0.25) is 5.02 Å². The fourth-order valence-corrected chi connectivity index (χ4v) is 2.72. The number of rotatable bonds is 5. The van der Waals surface area contributed by atoms with Crippen molar-refractivity contribution in [3.8, 4) is 0 Å². The number of hydrazine groups is 1. The normalized spacial score (nSPS) is 12.7. The third-order valence-corrected chi connectivity index (χ3v) is 3.79. The second-order valence-corrected chi connectivity index (χ2v) is 5.96. The number of benzene rings is 2. The Morgan fingerprint density at radius 1 is 1.19 bits per heavy atom. The molecule has 112 valence electrons. The van der Waals surface area contributed by atoms with Crippen molar-refractivity contribution in [3.63, 3.8) is 0 Å². The fraction of sp³-hybridized carbons (Fsp3) is 0.294. The maximum Gasteiger partial charge on any atom is 0.142 e. The molecule has 2 rings (SSSR count). The van der Waals surface area contributed by atoms with Gasteiger partial charge >= 0.3 is 0 Å². The Labute approximate surface area is 130 Å². The molecular weight excluding hydrogens is 287 g/mol. The number of halogens is 2. The van der Waals surface area contributed by atoms with Gasteiger partial charge < -0.3 is 0 Å². The lowest BCUT2D eigenvalue weighted by molar-refractivity contribution is 0.604. The molecule has 0 bridgehead atoms. The van der Waals surface area contributed by atoms with E-state index < -0.39 is 5.82 Å². The molecule has 0 radical (unpaired) electrons. The van der Waals surface area contributed by atoms with Gasteiger partial charge in [0.05, 0.1) is 11.1 Å². The molecular formula is C17H20ClFN2. The Balaban J connectivity index is 2.39. The van der Waals surface area contributed by atoms with E-state index in [0.29, 0.717) is 11.5 Å². The van der Waals surface area contributed by atoms with Crippen molar-refractivity contribution in [3.05, 3.63) is 70.0 Å². The fourth-order valence-electron chi connectivity index (χ4n) is 2.48. The van der Waals surface area contributed by atoms with Crippen LogP contribution in [0.1, 0.15) is 36.6 Å². The van der Waals surface area contributed by atoms with Gasteiger partial charge in [-0.1, -0.05) is 61.8 Å². The molecule has 0 amide bonds. The van der Waals surface area contributed by atoms with Gasteiger partial charge in [-0.05, 0) is 35.1 Å². The summed E-state index contributed by atoms with van der Waals surface area (Å²) in [6.07, 6.45) is 0.988. The zero-order valence-electron chi connectivity index (χ0n) is 12.2. The minimum atomic E-state index is -0.437. The largest absolute Gasteiger partial charge is 0.271 e. The molecule has 0 aliphatic carbocycles. The van der Waals surface area contributed by atoms with Crippen LogP contribution in [0.4, 0.5) is 4.39 Å². The highest BCUT2D eigenvalue weighted by Gasteiger charge is 2.18. The van der Waals surface area contributed by atoms with E-state index in [4.69, 9.17) is 17.4 Å². The van der Waals surface area contributed by atoms with Crippen molar-refractivity contribution >= 4 is 11.6 Å². The first-order valence-electron chi connectivity index (χ1n) is 7.01. The summed E-state index contributed by atoms with van der Waals surface area (Å²) in [6, 6.07) is 12.6. The van der Waals surface area contributed by atoms with Gasteiger partial charge in [-0.15, -0.1) is 0 Å². The third-order valence-electron chi connectivity index (χ3n) is 3.39. The number of nitrogens with two attached hydrogens (primary N) is 1. The summed E-state index contributed by atoms with van der Waals surface area (Å²) in [5, 5.41) is 0.106. The van der Waals surface area contributed by atoms with Crippen LogP contribution >= 0.6 is 11.6 Å². The third kappa shape index (κ3) is 3.82. The molecule has 2 nitrogen and oxygen atoms in total. The van der Waals surface area contributed by atoms with E-state index >= 15 is 0 Å². The van der Waals surface area contributed by atoms with Crippen LogP contribution in [-0.2, 0) is 6.42 Å². The van der Waals surface area contributed by atoms with E-state index in [1.165, 1.54) is 11.6 Å². The topological polar surface area (TPSA) is 38.0 Å². The minimum absolute atomic E-state index is 0.106. The molecule has 0 spiro atoms. The van der Waals surface area contributed by atoms with Crippen LogP contribution < -0.4 is 11.3 Å². The Kier molecular flexibility index (Phi) is 5.34. The standard InChI is InChI=1S/C17H20ClFN2/c1-11(2)9-12-5-3-6-13(10-12)17(21-20)14-7-4-8-15(19)16(14)18/h3-8,10-11,17,21H,9,20H2,1-2H3. The van der Waals surface area contributed by atoms with Gasteiger partial charge in [0, 0.05) is 0 Å². The molecule has 0 aliphatic rings. The maximum absolute atomic E-state index is 13.6. The predicted molar refractivity (Wildman–Crippen MR) is 85.6 cm³/mol. The smallest absolute Gasteiger partial charge is 0.142 e. The monoisotopic (exact) mass is 306 g/mol. The van der Waals surface area contributed by atoms with Crippen LogP contribution in [0.15, 0.2) is 42.5 Å². The second-order valence-electron chi connectivity index (χ2n) is 5.59.